The van der Waals surface area contributed by atoms with E-state index < -0.39 is 0 Å². The summed E-state index contributed by atoms with van der Waals surface area (Å²) >= 11 is 1.22. The summed E-state index contributed by atoms with van der Waals surface area (Å²) < 4.78 is 0. The lowest BCUT2D eigenvalue weighted by Gasteiger charge is -2.02. The molecule has 0 spiro atoms. The number of nitrogens with one attached hydrogen (secondary N) is 2. The first-order valence-corrected chi connectivity index (χ1v) is 4.93. The predicted molar refractivity (Wildman–Crippen MR) is 51.8 cm³/mol. The monoisotopic (exact) mass is 214 g/mol. The van der Waals surface area contributed by atoms with Gasteiger partial charge in [-0.05, 0) is 0 Å². The molecule has 0 radical (unpaired) electrons. The van der Waals surface area contributed by atoms with E-state index in [1.54, 1.807) is 6.92 Å². The van der Waals surface area contributed by atoms with Gasteiger partial charge in [0.15, 0.2) is 0 Å². The normalized spacial score (nSPS) is 9.50. The van der Waals surface area contributed by atoms with Gasteiger partial charge < -0.3 is 5.32 Å². The minimum atomic E-state index is -0.302. The van der Waals surface area contributed by atoms with Crippen molar-refractivity contribution in [2.45, 2.75) is 13.3 Å². The average molecular weight is 214 g/mol. The largest absolute Gasteiger partial charge is 0.347 e. The van der Waals surface area contributed by atoms with E-state index in [2.05, 4.69) is 20.8 Å². The van der Waals surface area contributed by atoms with Crippen LogP contribution in [0.2, 0.25) is 0 Å². The van der Waals surface area contributed by atoms with Crippen LogP contribution in [0.25, 0.3) is 0 Å². The second kappa shape index (κ2) is 5.28. The molecular weight excluding hydrogens is 204 g/mol. The van der Waals surface area contributed by atoms with E-state index >= 15 is 0 Å². The topological polar surface area (TPSA) is 84.0 Å². The van der Waals surface area contributed by atoms with Crippen LogP contribution in [-0.2, 0) is 9.59 Å². The Bertz CT molecular complexity index is 311. The molecule has 0 aromatic carbocycles. The maximum absolute atomic E-state index is 11.1. The minimum absolute atomic E-state index is 0.0355. The molecule has 0 saturated carbocycles. The molecule has 0 aliphatic carbocycles. The van der Waals surface area contributed by atoms with Gasteiger partial charge in [0.25, 0.3) is 0 Å². The summed E-state index contributed by atoms with van der Waals surface area (Å²) in [5.41, 5.74) is 1.51. The summed E-state index contributed by atoms with van der Waals surface area (Å²) in [7, 11) is 0. The van der Waals surface area contributed by atoms with E-state index in [0.29, 0.717) is 11.6 Å². The quantitative estimate of drug-likeness (QED) is 0.739. The van der Waals surface area contributed by atoms with Gasteiger partial charge in [-0.25, -0.2) is 0 Å². The molecule has 7 heteroatoms. The third-order valence-electron chi connectivity index (χ3n) is 1.37. The molecule has 1 heterocycles. The Morgan fingerprint density at radius 3 is 2.86 bits per heavy atom. The van der Waals surface area contributed by atoms with E-state index in [0.717, 1.165) is 0 Å². The fourth-order valence-corrected chi connectivity index (χ4v) is 1.16. The fraction of sp³-hybridized carbons (Fsp3) is 0.429. The first-order valence-electron chi connectivity index (χ1n) is 4.05. The number of hydrogen-bond acceptors (Lipinski definition) is 5. The van der Waals surface area contributed by atoms with Gasteiger partial charge in [0.1, 0.15) is 5.51 Å². The number of aromatic nitrogens is 2. The number of carbonyl (C=O) groups excluding carboxylic acids is 2. The Kier molecular flexibility index (Phi) is 3.99. The van der Waals surface area contributed by atoms with Gasteiger partial charge in [-0.3, -0.25) is 14.9 Å². The van der Waals surface area contributed by atoms with E-state index in [9.17, 15) is 9.59 Å². The van der Waals surface area contributed by atoms with E-state index in [4.69, 9.17) is 0 Å². The highest BCUT2D eigenvalue weighted by Gasteiger charge is 2.05. The molecular formula is C7H10N4O2S. The van der Waals surface area contributed by atoms with Crippen LogP contribution >= 0.6 is 11.3 Å². The van der Waals surface area contributed by atoms with Crippen molar-refractivity contribution in [2.75, 3.05) is 11.9 Å². The van der Waals surface area contributed by atoms with E-state index in [-0.39, 0.29) is 18.4 Å². The summed E-state index contributed by atoms with van der Waals surface area (Å²) in [4.78, 5) is 21.9. The van der Waals surface area contributed by atoms with Gasteiger partial charge in [-0.1, -0.05) is 18.3 Å². The average Bonchev–Trinajstić information content (AvgIpc) is 2.66. The third kappa shape index (κ3) is 3.48. The zero-order valence-electron chi connectivity index (χ0n) is 7.61. The van der Waals surface area contributed by atoms with Crippen molar-refractivity contribution in [3.63, 3.8) is 0 Å². The summed E-state index contributed by atoms with van der Waals surface area (Å²) in [6.07, 6.45) is 0.367. The molecule has 0 aliphatic rings. The molecule has 0 unspecified atom stereocenters. The van der Waals surface area contributed by atoms with Gasteiger partial charge in [-0.2, -0.15) is 0 Å². The fourth-order valence-electron chi connectivity index (χ4n) is 0.695. The number of rotatable bonds is 4. The van der Waals surface area contributed by atoms with Gasteiger partial charge in [0.2, 0.25) is 16.9 Å². The Morgan fingerprint density at radius 2 is 2.29 bits per heavy atom. The smallest absolute Gasteiger partial charge is 0.245 e. The number of nitrogens with zero attached hydrogens (tertiary/aromatic N) is 2. The van der Waals surface area contributed by atoms with Gasteiger partial charge in [-0.15, -0.1) is 10.2 Å². The molecule has 0 bridgehead atoms. The lowest BCUT2D eigenvalue weighted by molar-refractivity contribution is -0.123. The van der Waals surface area contributed by atoms with E-state index in [1.165, 1.54) is 16.8 Å². The Balaban J connectivity index is 2.26. The second-order valence-corrected chi connectivity index (χ2v) is 3.26. The Labute approximate surface area is 84.7 Å². The molecule has 1 aromatic heterocycles. The van der Waals surface area contributed by atoms with Gasteiger partial charge in [0.05, 0.1) is 6.54 Å². The summed E-state index contributed by atoms with van der Waals surface area (Å²) in [6, 6.07) is 0. The number of carbonyl (C=O) groups is 2. The highest BCUT2D eigenvalue weighted by atomic mass is 32.1. The molecule has 2 N–H and O–H groups in total. The van der Waals surface area contributed by atoms with Crippen LogP contribution in [0.4, 0.5) is 5.13 Å². The standard InChI is InChI=1S/C7H10N4O2S/c1-2-5(12)8-3-6(13)10-7-11-9-4-14-7/h4H,2-3H2,1H3,(H,8,12)(H,10,11,13). The molecule has 14 heavy (non-hydrogen) atoms. The molecule has 0 saturated heterocycles. The number of amides is 2. The lowest BCUT2D eigenvalue weighted by atomic mass is 10.4. The maximum Gasteiger partial charge on any atom is 0.245 e. The maximum atomic E-state index is 11.1. The van der Waals surface area contributed by atoms with Crippen LogP contribution in [0.5, 0.6) is 0 Å². The van der Waals surface area contributed by atoms with Crippen molar-refractivity contribution < 1.29 is 9.59 Å². The van der Waals surface area contributed by atoms with E-state index in [1.807, 2.05) is 0 Å². The Morgan fingerprint density at radius 1 is 1.50 bits per heavy atom. The van der Waals surface area contributed by atoms with Gasteiger partial charge >= 0.3 is 0 Å². The van der Waals surface area contributed by atoms with Crippen LogP contribution in [0.15, 0.2) is 5.51 Å². The molecule has 1 rings (SSSR count). The summed E-state index contributed by atoms with van der Waals surface area (Å²) in [6.45, 7) is 1.68. The lowest BCUT2D eigenvalue weighted by Crippen LogP contribution is -2.32. The van der Waals surface area contributed by atoms with Crippen LogP contribution in [-0.4, -0.2) is 28.6 Å². The predicted octanol–water partition coefficient (Wildman–Crippen LogP) is 0.00280. The van der Waals surface area contributed by atoms with Gasteiger partial charge in [0, 0.05) is 6.42 Å². The summed E-state index contributed by atoms with van der Waals surface area (Å²) in [5, 5.41) is 12.6. The molecule has 2 amide bonds. The van der Waals surface area contributed by atoms with Crippen molar-refractivity contribution in [3.8, 4) is 0 Å². The molecule has 1 aromatic rings. The number of hydrogen-bond donors (Lipinski definition) is 2. The highest BCUT2D eigenvalue weighted by molar-refractivity contribution is 7.13. The van der Waals surface area contributed by atoms with Crippen molar-refractivity contribution >= 4 is 28.3 Å². The minimum Gasteiger partial charge on any atom is -0.347 e. The van der Waals surface area contributed by atoms with Crippen LogP contribution in [0.1, 0.15) is 13.3 Å². The summed E-state index contributed by atoms with van der Waals surface area (Å²) in [5.74, 6) is -0.457. The van der Waals surface area contributed by atoms with Crippen molar-refractivity contribution in [1.29, 1.82) is 0 Å². The van der Waals surface area contributed by atoms with Crippen LogP contribution in [0.3, 0.4) is 0 Å². The second-order valence-electron chi connectivity index (χ2n) is 2.42. The molecule has 0 atom stereocenters. The molecule has 6 nitrogen and oxygen atoms in total. The zero-order valence-corrected chi connectivity index (χ0v) is 8.43. The van der Waals surface area contributed by atoms with Crippen molar-refractivity contribution in [2.24, 2.45) is 0 Å². The first kappa shape index (κ1) is 10.6. The SMILES string of the molecule is CCC(=O)NCC(=O)Nc1nncs1. The molecule has 76 valence electrons. The van der Waals surface area contributed by atoms with Crippen molar-refractivity contribution in [1.82, 2.24) is 15.5 Å². The Hall–Kier alpha value is -1.50. The van der Waals surface area contributed by atoms with Crippen LogP contribution < -0.4 is 10.6 Å². The number of anilines is 1. The van der Waals surface area contributed by atoms with Crippen molar-refractivity contribution in [3.05, 3.63) is 5.51 Å². The third-order valence-corrected chi connectivity index (χ3v) is 1.98. The zero-order chi connectivity index (χ0) is 10.4. The molecule has 0 fully saturated rings. The molecule has 0 aliphatic heterocycles. The first-order chi connectivity index (χ1) is 6.72. The van der Waals surface area contributed by atoms with Crippen LogP contribution in [0, 0.1) is 0 Å². The highest BCUT2D eigenvalue weighted by Crippen LogP contribution is 2.06.